The predicted octanol–water partition coefficient (Wildman–Crippen LogP) is 1.22. The standard InChI is InChI=1S/C22H27N5O4/c1-15(2)19(25-20(28)16-6-4-5-7-18(16)31-3)22(30)27-12-10-26(11-13-27)21(29)17-14-23-8-9-24-17/h4-9,14-15,19H,10-13H2,1-3H3,(H,25,28). The Morgan fingerprint density at radius 3 is 2.32 bits per heavy atom. The summed E-state index contributed by atoms with van der Waals surface area (Å²) < 4.78 is 5.25. The van der Waals surface area contributed by atoms with E-state index in [4.69, 9.17) is 4.74 Å². The van der Waals surface area contributed by atoms with Crippen LogP contribution < -0.4 is 10.1 Å². The predicted molar refractivity (Wildman–Crippen MR) is 114 cm³/mol. The quantitative estimate of drug-likeness (QED) is 0.746. The number of amides is 3. The first-order valence-electron chi connectivity index (χ1n) is 10.2. The molecule has 164 valence electrons. The number of nitrogens with one attached hydrogen (secondary N) is 1. The molecule has 1 N–H and O–H groups in total. The van der Waals surface area contributed by atoms with Crippen LogP contribution in [0.25, 0.3) is 0 Å². The van der Waals surface area contributed by atoms with E-state index in [2.05, 4.69) is 15.3 Å². The largest absolute Gasteiger partial charge is 0.496 e. The van der Waals surface area contributed by atoms with Crippen molar-refractivity contribution in [3.63, 3.8) is 0 Å². The van der Waals surface area contributed by atoms with Gasteiger partial charge in [0.15, 0.2) is 0 Å². The number of piperazine rings is 1. The summed E-state index contributed by atoms with van der Waals surface area (Å²) in [5, 5.41) is 2.86. The van der Waals surface area contributed by atoms with Gasteiger partial charge in [0.05, 0.1) is 18.9 Å². The van der Waals surface area contributed by atoms with Gasteiger partial charge in [-0.2, -0.15) is 0 Å². The van der Waals surface area contributed by atoms with Crippen molar-refractivity contribution in [3.05, 3.63) is 54.1 Å². The van der Waals surface area contributed by atoms with Gasteiger partial charge in [0.1, 0.15) is 17.5 Å². The molecule has 1 aliphatic heterocycles. The van der Waals surface area contributed by atoms with Gasteiger partial charge in [-0.3, -0.25) is 19.4 Å². The molecule has 1 aliphatic rings. The molecule has 9 nitrogen and oxygen atoms in total. The fraction of sp³-hybridized carbons (Fsp3) is 0.409. The van der Waals surface area contributed by atoms with Crippen LogP contribution in [0, 0.1) is 5.92 Å². The van der Waals surface area contributed by atoms with E-state index in [1.54, 1.807) is 34.1 Å². The lowest BCUT2D eigenvalue weighted by Crippen LogP contribution is -2.57. The Hall–Kier alpha value is -3.49. The molecule has 1 atom stereocenters. The molecule has 3 rings (SSSR count). The molecule has 1 unspecified atom stereocenters. The van der Waals surface area contributed by atoms with Crippen molar-refractivity contribution in [2.45, 2.75) is 19.9 Å². The number of methoxy groups -OCH3 is 1. The highest BCUT2D eigenvalue weighted by Crippen LogP contribution is 2.18. The third-order valence-corrected chi connectivity index (χ3v) is 5.23. The van der Waals surface area contributed by atoms with E-state index >= 15 is 0 Å². The number of aromatic nitrogens is 2. The van der Waals surface area contributed by atoms with Crippen LogP contribution in [0.3, 0.4) is 0 Å². The highest BCUT2D eigenvalue weighted by Gasteiger charge is 2.32. The van der Waals surface area contributed by atoms with Gasteiger partial charge in [0, 0.05) is 38.6 Å². The van der Waals surface area contributed by atoms with Gasteiger partial charge in [0.2, 0.25) is 5.91 Å². The number of carbonyl (C=O) groups is 3. The van der Waals surface area contributed by atoms with Crippen LogP contribution >= 0.6 is 0 Å². The van der Waals surface area contributed by atoms with E-state index in [9.17, 15) is 14.4 Å². The maximum atomic E-state index is 13.2. The molecule has 3 amide bonds. The average Bonchev–Trinajstić information content (AvgIpc) is 2.82. The van der Waals surface area contributed by atoms with Gasteiger partial charge in [0.25, 0.3) is 11.8 Å². The third-order valence-electron chi connectivity index (χ3n) is 5.23. The Labute approximate surface area is 181 Å². The second-order valence-electron chi connectivity index (χ2n) is 7.60. The van der Waals surface area contributed by atoms with Crippen molar-refractivity contribution in [1.29, 1.82) is 0 Å². The molecule has 0 spiro atoms. The zero-order valence-electron chi connectivity index (χ0n) is 17.9. The van der Waals surface area contributed by atoms with Crippen LogP contribution in [0.15, 0.2) is 42.9 Å². The number of nitrogens with zero attached hydrogens (tertiary/aromatic N) is 4. The zero-order chi connectivity index (χ0) is 22.4. The molecule has 9 heteroatoms. The minimum Gasteiger partial charge on any atom is -0.496 e. The summed E-state index contributed by atoms with van der Waals surface area (Å²) in [6.45, 7) is 5.34. The molecule has 1 aromatic heterocycles. The fourth-order valence-electron chi connectivity index (χ4n) is 3.46. The lowest BCUT2D eigenvalue weighted by molar-refractivity contribution is -0.135. The first kappa shape index (κ1) is 22.2. The highest BCUT2D eigenvalue weighted by molar-refractivity contribution is 5.99. The molecule has 0 saturated carbocycles. The molecular weight excluding hydrogens is 398 g/mol. The van der Waals surface area contributed by atoms with Gasteiger partial charge < -0.3 is 19.9 Å². The van der Waals surface area contributed by atoms with Crippen LogP contribution in [0.1, 0.15) is 34.7 Å². The Balaban J connectivity index is 1.63. The maximum absolute atomic E-state index is 13.2. The molecule has 1 aromatic carbocycles. The zero-order valence-corrected chi connectivity index (χ0v) is 17.9. The van der Waals surface area contributed by atoms with Crippen molar-refractivity contribution >= 4 is 17.7 Å². The lowest BCUT2D eigenvalue weighted by Gasteiger charge is -2.37. The molecule has 1 fully saturated rings. The van der Waals surface area contributed by atoms with Crippen molar-refractivity contribution in [2.75, 3.05) is 33.3 Å². The molecular formula is C22H27N5O4. The van der Waals surface area contributed by atoms with Crippen LogP contribution in [-0.2, 0) is 4.79 Å². The van der Waals surface area contributed by atoms with Crippen molar-refractivity contribution in [2.24, 2.45) is 5.92 Å². The fourth-order valence-corrected chi connectivity index (χ4v) is 3.46. The van der Waals surface area contributed by atoms with E-state index in [1.165, 1.54) is 25.7 Å². The summed E-state index contributed by atoms with van der Waals surface area (Å²) in [7, 11) is 1.50. The van der Waals surface area contributed by atoms with Gasteiger partial charge in [-0.1, -0.05) is 26.0 Å². The smallest absolute Gasteiger partial charge is 0.274 e. The SMILES string of the molecule is COc1ccccc1C(=O)NC(C(=O)N1CCN(C(=O)c2cnccn2)CC1)C(C)C. The monoisotopic (exact) mass is 425 g/mol. The number of hydrogen-bond donors (Lipinski definition) is 1. The normalized spacial score (nSPS) is 14.8. The molecule has 0 bridgehead atoms. The maximum Gasteiger partial charge on any atom is 0.274 e. The second kappa shape index (κ2) is 10.0. The van der Waals surface area contributed by atoms with E-state index in [-0.39, 0.29) is 29.3 Å². The average molecular weight is 425 g/mol. The number of benzene rings is 1. The van der Waals surface area contributed by atoms with E-state index in [0.29, 0.717) is 37.5 Å². The van der Waals surface area contributed by atoms with Gasteiger partial charge >= 0.3 is 0 Å². The highest BCUT2D eigenvalue weighted by atomic mass is 16.5. The summed E-state index contributed by atoms with van der Waals surface area (Å²) >= 11 is 0. The summed E-state index contributed by atoms with van der Waals surface area (Å²) in [6, 6.07) is 6.21. The minimum absolute atomic E-state index is 0.106. The summed E-state index contributed by atoms with van der Waals surface area (Å²) in [5.74, 6) is -0.382. The number of para-hydroxylation sites is 1. The van der Waals surface area contributed by atoms with E-state index in [1.807, 2.05) is 13.8 Å². The Bertz CT molecular complexity index is 927. The lowest BCUT2D eigenvalue weighted by atomic mass is 10.0. The van der Waals surface area contributed by atoms with E-state index < -0.39 is 6.04 Å². The van der Waals surface area contributed by atoms with Crippen LogP contribution in [0.5, 0.6) is 5.75 Å². The number of hydrogen-bond acceptors (Lipinski definition) is 6. The van der Waals surface area contributed by atoms with Crippen molar-refractivity contribution < 1.29 is 19.1 Å². The van der Waals surface area contributed by atoms with Gasteiger partial charge in [-0.15, -0.1) is 0 Å². The number of ether oxygens (including phenoxy) is 1. The van der Waals surface area contributed by atoms with Crippen LogP contribution in [0.2, 0.25) is 0 Å². The molecule has 0 radical (unpaired) electrons. The molecule has 1 saturated heterocycles. The van der Waals surface area contributed by atoms with Crippen LogP contribution in [-0.4, -0.2) is 76.8 Å². The Morgan fingerprint density at radius 2 is 1.71 bits per heavy atom. The number of carbonyl (C=O) groups excluding carboxylic acids is 3. The third kappa shape index (κ3) is 5.17. The summed E-state index contributed by atoms with van der Waals surface area (Å²) in [6.07, 6.45) is 4.42. The summed E-state index contributed by atoms with van der Waals surface area (Å²) in [4.78, 5) is 49.8. The molecule has 2 aromatic rings. The number of rotatable bonds is 6. The molecule has 31 heavy (non-hydrogen) atoms. The van der Waals surface area contributed by atoms with Crippen molar-refractivity contribution in [1.82, 2.24) is 25.1 Å². The summed E-state index contributed by atoms with van der Waals surface area (Å²) in [5.41, 5.74) is 0.661. The first-order chi connectivity index (χ1) is 14.9. The van der Waals surface area contributed by atoms with Crippen molar-refractivity contribution in [3.8, 4) is 5.75 Å². The Morgan fingerprint density at radius 1 is 1.03 bits per heavy atom. The Kier molecular flexibility index (Phi) is 7.17. The van der Waals surface area contributed by atoms with E-state index in [0.717, 1.165) is 0 Å². The minimum atomic E-state index is -0.681. The topological polar surface area (TPSA) is 105 Å². The van der Waals surface area contributed by atoms with Gasteiger partial charge in [-0.05, 0) is 18.1 Å². The first-order valence-corrected chi connectivity index (χ1v) is 10.2. The second-order valence-corrected chi connectivity index (χ2v) is 7.60. The molecule has 0 aliphatic carbocycles. The van der Waals surface area contributed by atoms with Crippen LogP contribution in [0.4, 0.5) is 0 Å². The molecule has 2 heterocycles. The van der Waals surface area contributed by atoms with Gasteiger partial charge in [-0.25, -0.2) is 4.98 Å².